The third-order valence-corrected chi connectivity index (χ3v) is 9.35. The van der Waals surface area contributed by atoms with Gasteiger partial charge in [0.25, 0.3) is 0 Å². The van der Waals surface area contributed by atoms with Crippen molar-refractivity contribution in [3.8, 4) is 0 Å². The topological polar surface area (TPSA) is 256 Å². The Hall–Kier alpha value is -5.76. The molecule has 3 aromatic rings. The number of nitrogens with two attached hydrogens (primary N) is 3. The average molecular weight is 791 g/mol. The molecule has 2 aliphatic rings. The fourth-order valence-electron chi connectivity index (χ4n) is 6.26. The Balaban J connectivity index is 0.000000541. The number of carboxylic acid groups (broad SMARTS) is 3. The maximum Gasteiger partial charge on any atom is 0.320 e. The van der Waals surface area contributed by atoms with Crippen LogP contribution in [-0.4, -0.2) is 61.7 Å². The van der Waals surface area contributed by atoms with E-state index in [1.54, 1.807) is 12.2 Å². The van der Waals surface area contributed by atoms with E-state index in [4.69, 9.17) is 42.2 Å². The van der Waals surface area contributed by atoms with Crippen molar-refractivity contribution in [3.05, 3.63) is 88.5 Å². The zero-order valence-electron chi connectivity index (χ0n) is 31.3. The smallest absolute Gasteiger partial charge is 0.320 e. The average Bonchev–Trinajstić information content (AvgIpc) is 3.77. The summed E-state index contributed by atoms with van der Waals surface area (Å²) in [4.78, 5) is 56.6. The van der Waals surface area contributed by atoms with Crippen molar-refractivity contribution in [2.75, 3.05) is 6.54 Å². The molecule has 9 N–H and O–H groups in total. The van der Waals surface area contributed by atoms with Gasteiger partial charge < -0.3 is 42.5 Å². The number of hydrogen-bond donors (Lipinski definition) is 6. The number of nitrogens with zero attached hydrogens (tertiary/aromatic N) is 5. The van der Waals surface area contributed by atoms with Gasteiger partial charge >= 0.3 is 17.9 Å². The number of fused-ring (bicyclic) bond motifs is 8. The maximum absolute atomic E-state index is 11.5. The van der Waals surface area contributed by atoms with Gasteiger partial charge in [0.05, 0.1) is 22.8 Å². The van der Waals surface area contributed by atoms with Crippen molar-refractivity contribution in [1.29, 1.82) is 0 Å². The molecule has 3 aromatic heterocycles. The molecule has 0 fully saturated rings. The van der Waals surface area contributed by atoms with Crippen LogP contribution in [-0.2, 0) is 37.9 Å². The van der Waals surface area contributed by atoms with Gasteiger partial charge in [-0.15, -0.1) is 22.1 Å². The largest absolute Gasteiger partial charge is 0.657 e. The molecule has 0 saturated heterocycles. The van der Waals surface area contributed by atoms with E-state index in [-0.39, 0.29) is 35.9 Å². The first-order chi connectivity index (χ1) is 25.6. The van der Waals surface area contributed by atoms with Crippen molar-refractivity contribution in [1.82, 2.24) is 19.9 Å². The van der Waals surface area contributed by atoms with E-state index in [1.165, 1.54) is 0 Å². The zero-order valence-corrected chi connectivity index (χ0v) is 32.4. The number of allylic oxidation sites excluding steroid dienone is 5. The SMILES string of the molecule is C=CC1=C(C)c2cc3[n-]c(cc4nc(cc5[n-]c(cc1n2)c(C)c5C=C)C(C)=C4CCC(=O)O)c(CCC(=O)O)c3C.NC(N)=NCCC[C@H](N)C(=O)O.[Fe]. The molecule has 5 heterocycles. The minimum Gasteiger partial charge on any atom is -0.657 e. The van der Waals surface area contributed by atoms with E-state index in [9.17, 15) is 24.6 Å². The Kier molecular flexibility index (Phi) is 15.1. The Labute approximate surface area is 329 Å². The quantitative estimate of drug-likeness (QED) is 0.0563. The molecule has 0 aromatic carbocycles. The standard InChI is InChI=1S/C34H34N4O4.C6H14N4O2.Fe/c1-7-21-17(3)25-13-26-19(5)23(9-11-33(39)40)31(37-26)16-32-24(10-12-34(41)42)20(6)28(38-32)15-30-22(8-2)18(4)27(36-30)14-29(21)35-25;7-4(5(11)12)2-1-3-10-6(8)9;/h7-8,13-16H,1-2,9-12H2,3-6H3,(H4,35,36,37,38,39,40,41,42);4H,1-3,7H2,(H,11,12)(H4,8,9,10);/p-2/t;4-;/m.0./s1. The third kappa shape index (κ3) is 10.5. The second kappa shape index (κ2) is 19.0. The molecule has 8 bridgehead atoms. The number of guanidine groups is 1. The number of aromatic nitrogens is 4. The summed E-state index contributed by atoms with van der Waals surface area (Å²) in [5, 5.41) is 27.3. The molecule has 0 radical (unpaired) electrons. The fourth-order valence-corrected chi connectivity index (χ4v) is 6.26. The molecule has 1 atom stereocenters. The molecule has 0 unspecified atom stereocenters. The van der Waals surface area contributed by atoms with E-state index >= 15 is 0 Å². The second-order valence-corrected chi connectivity index (χ2v) is 13.0. The van der Waals surface area contributed by atoms with Crippen LogP contribution in [0.5, 0.6) is 0 Å². The maximum atomic E-state index is 11.5. The van der Waals surface area contributed by atoms with Crippen molar-refractivity contribution in [2.45, 2.75) is 72.3 Å². The minimum atomic E-state index is -1.00. The molecule has 292 valence electrons. The Morgan fingerprint density at radius 3 is 1.93 bits per heavy atom. The molecular weight excluding hydrogens is 744 g/mol. The van der Waals surface area contributed by atoms with Crippen LogP contribution in [0.2, 0.25) is 0 Å². The molecule has 0 amide bonds. The molecule has 0 spiro atoms. The Bertz CT molecular complexity index is 2280. The van der Waals surface area contributed by atoms with Gasteiger partial charge in [0.2, 0.25) is 0 Å². The molecule has 14 nitrogen and oxygen atoms in total. The van der Waals surface area contributed by atoms with E-state index in [0.29, 0.717) is 60.2 Å². The minimum absolute atomic E-state index is 0. The monoisotopic (exact) mass is 790 g/mol. The van der Waals surface area contributed by atoms with Crippen LogP contribution in [0.4, 0.5) is 0 Å². The van der Waals surface area contributed by atoms with E-state index < -0.39 is 23.9 Å². The summed E-state index contributed by atoms with van der Waals surface area (Å²) in [5.41, 5.74) is 27.9. The van der Waals surface area contributed by atoms with Gasteiger partial charge in [-0.1, -0.05) is 66.3 Å². The Morgan fingerprint density at radius 1 is 0.782 bits per heavy atom. The summed E-state index contributed by atoms with van der Waals surface area (Å²) in [5.74, 6) is -2.78. The summed E-state index contributed by atoms with van der Waals surface area (Å²) < 4.78 is 0. The zero-order chi connectivity index (χ0) is 39.9. The summed E-state index contributed by atoms with van der Waals surface area (Å²) >= 11 is 0. The van der Waals surface area contributed by atoms with Crippen LogP contribution in [0.1, 0.15) is 91.0 Å². The van der Waals surface area contributed by atoms with Crippen LogP contribution in [0.15, 0.2) is 48.5 Å². The Morgan fingerprint density at radius 2 is 1.33 bits per heavy atom. The fraction of sp³-hybridized carbons (Fsp3) is 0.300. The van der Waals surface area contributed by atoms with Gasteiger partial charge in [0.15, 0.2) is 5.96 Å². The summed E-state index contributed by atoms with van der Waals surface area (Å²) in [6.45, 7) is 16.3. The first-order valence-electron chi connectivity index (χ1n) is 17.3. The number of hydrogen-bond acceptors (Lipinski definition) is 7. The van der Waals surface area contributed by atoms with Crippen molar-refractivity contribution < 1.29 is 46.8 Å². The normalized spacial score (nSPS) is 12.6. The predicted molar refractivity (Wildman–Crippen MR) is 212 cm³/mol. The first kappa shape index (κ1) is 43.6. The van der Waals surface area contributed by atoms with Crippen LogP contribution >= 0.6 is 0 Å². The van der Waals surface area contributed by atoms with Crippen LogP contribution in [0.3, 0.4) is 0 Å². The van der Waals surface area contributed by atoms with Crippen molar-refractivity contribution >= 4 is 74.3 Å². The second-order valence-electron chi connectivity index (χ2n) is 13.0. The van der Waals surface area contributed by atoms with E-state index in [1.807, 2.05) is 52.0 Å². The predicted octanol–water partition coefficient (Wildman–Crippen LogP) is 5.21. The molecule has 55 heavy (non-hydrogen) atoms. The van der Waals surface area contributed by atoms with Gasteiger partial charge in [0, 0.05) is 42.0 Å². The summed E-state index contributed by atoms with van der Waals surface area (Å²) in [6.07, 6.45) is 5.01. The van der Waals surface area contributed by atoms with Gasteiger partial charge in [0.1, 0.15) is 6.04 Å². The molecule has 0 saturated carbocycles. The molecule has 2 aliphatic heterocycles. The van der Waals surface area contributed by atoms with Gasteiger partial charge in [-0.2, -0.15) is 0 Å². The number of aliphatic carboxylic acids is 3. The number of aryl methyl sites for hydroxylation is 3. The number of rotatable bonds is 13. The molecule has 5 rings (SSSR count). The third-order valence-electron chi connectivity index (χ3n) is 9.35. The van der Waals surface area contributed by atoms with Crippen molar-refractivity contribution in [2.24, 2.45) is 22.2 Å². The van der Waals surface area contributed by atoms with Crippen LogP contribution < -0.4 is 27.2 Å². The summed E-state index contributed by atoms with van der Waals surface area (Å²) in [6, 6.07) is 6.80. The van der Waals surface area contributed by atoms with E-state index in [0.717, 1.165) is 61.5 Å². The molecule has 15 heteroatoms. The summed E-state index contributed by atoms with van der Waals surface area (Å²) in [7, 11) is 0. The molecule has 0 aliphatic carbocycles. The first-order valence-corrected chi connectivity index (χ1v) is 17.3. The van der Waals surface area contributed by atoms with Gasteiger partial charge in [-0.3, -0.25) is 19.4 Å². The number of carbonyl (C=O) groups is 3. The van der Waals surface area contributed by atoms with Crippen LogP contribution in [0, 0.1) is 13.8 Å². The van der Waals surface area contributed by atoms with Gasteiger partial charge in [-0.25, -0.2) is 9.97 Å². The van der Waals surface area contributed by atoms with Crippen molar-refractivity contribution in [3.63, 3.8) is 0 Å². The van der Waals surface area contributed by atoms with E-state index in [2.05, 4.69) is 18.2 Å². The van der Waals surface area contributed by atoms with Crippen LogP contribution in [0.25, 0.3) is 50.4 Å². The number of carboxylic acids is 3. The molecular formula is C40H46FeN8O6-2. The van der Waals surface area contributed by atoms with Gasteiger partial charge in [-0.05, 0) is 75.7 Å². The number of aliphatic imine (C=N–C) groups is 1.